The van der Waals surface area contributed by atoms with Crippen molar-refractivity contribution in [1.82, 2.24) is 0 Å². The van der Waals surface area contributed by atoms with Crippen LogP contribution in [0.4, 0.5) is 4.39 Å². The maximum atomic E-state index is 13.5. The number of nitrogens with two attached hydrogens (primary N) is 1. The topological polar surface area (TPSA) is 52.3 Å². The third kappa shape index (κ3) is 4.61. The van der Waals surface area contributed by atoms with Crippen LogP contribution in [0.25, 0.3) is 0 Å². The second-order valence-corrected chi connectivity index (χ2v) is 4.11. The Balaban J connectivity index is 0.00000256. The van der Waals surface area contributed by atoms with Gasteiger partial charge in [0.05, 0.1) is 13.0 Å². The van der Waals surface area contributed by atoms with E-state index in [1.165, 1.54) is 6.07 Å². The zero-order valence-corrected chi connectivity index (χ0v) is 11.7. The molecule has 96 valence electrons. The molecular weight excluding hydrogens is 312 g/mol. The number of carbonyl (C=O) groups excluding carboxylic acids is 1. The SMILES string of the molecule is CCOC(=O)C[C@@H](N)c1c(F)cccc1Br.Cl. The Kier molecular flexibility index (Phi) is 7.34. The Bertz CT molecular complexity index is 369. The molecule has 2 N–H and O–H groups in total. The molecule has 0 unspecified atom stereocenters. The number of halogens is 3. The van der Waals surface area contributed by atoms with Gasteiger partial charge in [-0.2, -0.15) is 0 Å². The molecule has 0 bridgehead atoms. The van der Waals surface area contributed by atoms with Gasteiger partial charge in [-0.25, -0.2) is 4.39 Å². The van der Waals surface area contributed by atoms with E-state index in [9.17, 15) is 9.18 Å². The molecule has 1 atom stereocenters. The van der Waals surface area contributed by atoms with Crippen molar-refractivity contribution in [2.24, 2.45) is 5.73 Å². The van der Waals surface area contributed by atoms with Gasteiger partial charge in [0.15, 0.2) is 0 Å². The van der Waals surface area contributed by atoms with Gasteiger partial charge < -0.3 is 10.5 Å². The van der Waals surface area contributed by atoms with Crippen molar-refractivity contribution in [3.63, 3.8) is 0 Å². The van der Waals surface area contributed by atoms with Crippen molar-refractivity contribution >= 4 is 34.3 Å². The van der Waals surface area contributed by atoms with Crippen molar-refractivity contribution in [3.05, 3.63) is 34.1 Å². The molecule has 1 aromatic rings. The van der Waals surface area contributed by atoms with E-state index >= 15 is 0 Å². The van der Waals surface area contributed by atoms with Gasteiger partial charge in [-0.15, -0.1) is 12.4 Å². The van der Waals surface area contributed by atoms with Gasteiger partial charge in [0.2, 0.25) is 0 Å². The summed E-state index contributed by atoms with van der Waals surface area (Å²) in [5, 5.41) is 0. The molecular formula is C11H14BrClFNO2. The first-order valence-electron chi connectivity index (χ1n) is 4.91. The van der Waals surface area contributed by atoms with Crippen molar-refractivity contribution < 1.29 is 13.9 Å². The third-order valence-electron chi connectivity index (χ3n) is 2.06. The van der Waals surface area contributed by atoms with E-state index in [4.69, 9.17) is 10.5 Å². The largest absolute Gasteiger partial charge is 0.466 e. The highest BCUT2D eigenvalue weighted by molar-refractivity contribution is 9.10. The van der Waals surface area contributed by atoms with E-state index in [1.807, 2.05) is 0 Å². The highest BCUT2D eigenvalue weighted by atomic mass is 79.9. The van der Waals surface area contributed by atoms with Crippen molar-refractivity contribution in [1.29, 1.82) is 0 Å². The summed E-state index contributed by atoms with van der Waals surface area (Å²) in [6.45, 7) is 2.01. The van der Waals surface area contributed by atoms with Crippen molar-refractivity contribution in [2.75, 3.05) is 6.61 Å². The molecule has 0 aromatic heterocycles. The molecule has 0 radical (unpaired) electrons. The number of benzene rings is 1. The lowest BCUT2D eigenvalue weighted by molar-refractivity contribution is -0.143. The van der Waals surface area contributed by atoms with E-state index in [0.717, 1.165) is 0 Å². The molecule has 0 aliphatic carbocycles. The molecule has 0 saturated carbocycles. The van der Waals surface area contributed by atoms with Gasteiger partial charge >= 0.3 is 5.97 Å². The fraction of sp³-hybridized carbons (Fsp3) is 0.364. The number of esters is 1. The summed E-state index contributed by atoms with van der Waals surface area (Å²) in [7, 11) is 0. The summed E-state index contributed by atoms with van der Waals surface area (Å²) in [6, 6.07) is 3.86. The summed E-state index contributed by atoms with van der Waals surface area (Å²) in [6.07, 6.45) is -0.0344. The lowest BCUT2D eigenvalue weighted by Crippen LogP contribution is -2.18. The van der Waals surface area contributed by atoms with Gasteiger partial charge in [0.25, 0.3) is 0 Å². The van der Waals surface area contributed by atoms with Gasteiger partial charge in [-0.05, 0) is 19.1 Å². The Hall–Kier alpha value is -0.650. The van der Waals surface area contributed by atoms with Crippen LogP contribution in [0, 0.1) is 5.82 Å². The lowest BCUT2D eigenvalue weighted by atomic mass is 10.0. The third-order valence-corrected chi connectivity index (χ3v) is 2.75. The molecule has 6 heteroatoms. The normalized spacial score (nSPS) is 11.5. The van der Waals surface area contributed by atoms with E-state index in [1.54, 1.807) is 19.1 Å². The number of hydrogen-bond donors (Lipinski definition) is 1. The Labute approximate surface area is 114 Å². The summed E-state index contributed by atoms with van der Waals surface area (Å²) in [4.78, 5) is 11.2. The number of rotatable bonds is 4. The van der Waals surface area contributed by atoms with Crippen molar-refractivity contribution in [3.8, 4) is 0 Å². The second-order valence-electron chi connectivity index (χ2n) is 3.25. The molecule has 0 spiro atoms. The molecule has 3 nitrogen and oxygen atoms in total. The molecule has 0 fully saturated rings. The molecule has 1 rings (SSSR count). The lowest BCUT2D eigenvalue weighted by Gasteiger charge is -2.13. The van der Waals surface area contributed by atoms with E-state index in [-0.39, 0.29) is 18.8 Å². The standard InChI is InChI=1S/C11H13BrFNO2.ClH/c1-2-16-10(15)6-9(14)11-7(12)4-3-5-8(11)13;/h3-5,9H,2,6,14H2,1H3;1H/t9-;/m1./s1. The van der Waals surface area contributed by atoms with Gasteiger partial charge in [0.1, 0.15) is 5.82 Å². The van der Waals surface area contributed by atoms with Gasteiger partial charge in [-0.1, -0.05) is 22.0 Å². The highest BCUT2D eigenvalue weighted by Gasteiger charge is 2.18. The summed E-state index contributed by atoms with van der Waals surface area (Å²) in [5.74, 6) is -0.851. The molecule has 0 aliphatic rings. The van der Waals surface area contributed by atoms with Crippen molar-refractivity contribution in [2.45, 2.75) is 19.4 Å². The summed E-state index contributed by atoms with van der Waals surface area (Å²) in [5.41, 5.74) is 6.06. The minimum Gasteiger partial charge on any atom is -0.466 e. The fourth-order valence-electron chi connectivity index (χ4n) is 1.37. The van der Waals surface area contributed by atoms with Crippen LogP contribution in [-0.2, 0) is 9.53 Å². The Morgan fingerprint density at radius 1 is 1.59 bits per heavy atom. The first-order valence-corrected chi connectivity index (χ1v) is 5.70. The zero-order chi connectivity index (χ0) is 12.1. The molecule has 0 saturated heterocycles. The minimum absolute atomic E-state index is 0. The predicted molar refractivity (Wildman–Crippen MR) is 69.5 cm³/mol. The summed E-state index contributed by atoms with van der Waals surface area (Å²) >= 11 is 3.20. The fourth-order valence-corrected chi connectivity index (χ4v) is 2.00. The second kappa shape index (κ2) is 7.63. The average Bonchev–Trinajstić information content (AvgIpc) is 2.17. The monoisotopic (exact) mass is 325 g/mol. The number of ether oxygens (including phenoxy) is 1. The number of hydrogen-bond acceptors (Lipinski definition) is 3. The van der Waals surface area contributed by atoms with Gasteiger partial charge in [-0.3, -0.25) is 4.79 Å². The molecule has 17 heavy (non-hydrogen) atoms. The minimum atomic E-state index is -0.699. The van der Waals surface area contributed by atoms with E-state index < -0.39 is 17.8 Å². The van der Waals surface area contributed by atoms with Crippen LogP contribution in [-0.4, -0.2) is 12.6 Å². The van der Waals surface area contributed by atoms with Crippen LogP contribution >= 0.6 is 28.3 Å². The molecule has 0 amide bonds. The first kappa shape index (κ1) is 16.4. The molecule has 0 heterocycles. The van der Waals surface area contributed by atoms with Crippen LogP contribution in [0.15, 0.2) is 22.7 Å². The Morgan fingerprint density at radius 2 is 2.24 bits per heavy atom. The van der Waals surface area contributed by atoms with Crippen LogP contribution in [0.3, 0.4) is 0 Å². The zero-order valence-electron chi connectivity index (χ0n) is 9.28. The molecule has 0 aliphatic heterocycles. The summed E-state index contributed by atoms with van der Waals surface area (Å²) < 4.78 is 18.8. The van der Waals surface area contributed by atoms with E-state index in [0.29, 0.717) is 16.6 Å². The number of carbonyl (C=O) groups is 1. The first-order chi connectivity index (χ1) is 7.56. The smallest absolute Gasteiger partial charge is 0.307 e. The van der Waals surface area contributed by atoms with E-state index in [2.05, 4.69) is 15.9 Å². The maximum absolute atomic E-state index is 13.5. The predicted octanol–water partition coefficient (Wildman–Crippen LogP) is 2.96. The Morgan fingerprint density at radius 3 is 2.76 bits per heavy atom. The quantitative estimate of drug-likeness (QED) is 0.866. The maximum Gasteiger partial charge on any atom is 0.307 e. The van der Waals surface area contributed by atoms with Crippen LogP contribution in [0.1, 0.15) is 24.9 Å². The van der Waals surface area contributed by atoms with Crippen LogP contribution < -0.4 is 5.73 Å². The average molecular weight is 327 g/mol. The molecule has 1 aromatic carbocycles. The van der Waals surface area contributed by atoms with Gasteiger partial charge in [0, 0.05) is 16.1 Å². The van der Waals surface area contributed by atoms with Crippen LogP contribution in [0.5, 0.6) is 0 Å². The van der Waals surface area contributed by atoms with Crippen LogP contribution in [0.2, 0.25) is 0 Å². The highest BCUT2D eigenvalue weighted by Crippen LogP contribution is 2.26.